The molecule has 0 saturated carbocycles. The maximum atomic E-state index is 13.9. The van der Waals surface area contributed by atoms with Gasteiger partial charge >= 0.3 is 0 Å². The van der Waals surface area contributed by atoms with Crippen LogP contribution < -0.4 is 31.9 Å². The van der Waals surface area contributed by atoms with Crippen LogP contribution in [0.2, 0.25) is 0 Å². The smallest absolute Gasteiger partial charge is 0.271 e. The number of aliphatic hydroxyl groups excluding tert-OH is 2. The highest BCUT2D eigenvalue weighted by molar-refractivity contribution is 8.76. The summed E-state index contributed by atoms with van der Waals surface area (Å²) in [4.78, 5) is 91.5. The Morgan fingerprint density at radius 1 is 0.636 bits per heavy atom. The largest absolute Gasteiger partial charge is 0.391 e. The van der Waals surface area contributed by atoms with Gasteiger partial charge in [-0.1, -0.05) is 65.8 Å². The molecule has 1 aromatic carbocycles. The van der Waals surface area contributed by atoms with Crippen LogP contribution in [0.15, 0.2) is 41.1 Å². The fourth-order valence-corrected chi connectivity index (χ4v) is 9.79. The number of amides is 6. The van der Waals surface area contributed by atoms with Crippen molar-refractivity contribution in [2.45, 2.75) is 89.0 Å². The van der Waals surface area contributed by atoms with Crippen LogP contribution in [0.5, 0.6) is 0 Å². The highest BCUT2D eigenvalue weighted by Crippen LogP contribution is 2.28. The van der Waals surface area contributed by atoms with Crippen LogP contribution in [0.1, 0.15) is 82.8 Å². The van der Waals surface area contributed by atoms with Crippen LogP contribution in [-0.4, -0.2) is 104 Å². The summed E-state index contributed by atoms with van der Waals surface area (Å²) in [5.41, 5.74) is 0.787. The zero-order valence-corrected chi connectivity index (χ0v) is 33.7. The minimum atomic E-state index is -1.44. The van der Waals surface area contributed by atoms with E-state index in [-0.39, 0.29) is 35.2 Å². The lowest BCUT2D eigenvalue weighted by molar-refractivity contribution is -0.132. The molecule has 0 radical (unpaired) electrons. The highest BCUT2D eigenvalue weighted by atomic mass is 33.1. The maximum absolute atomic E-state index is 13.9. The molecule has 0 unspecified atom stereocenters. The number of aromatic nitrogens is 2. The van der Waals surface area contributed by atoms with Gasteiger partial charge in [-0.05, 0) is 38.2 Å². The number of aliphatic hydroxyl groups is 2. The topological polar surface area (TPSA) is 241 Å². The van der Waals surface area contributed by atoms with Crippen LogP contribution in [0.25, 0.3) is 0 Å². The van der Waals surface area contributed by atoms with Gasteiger partial charge in [-0.2, -0.15) is 0 Å². The normalized spacial score (nSPS) is 25.9. The molecule has 0 spiro atoms. The molecule has 2 aliphatic heterocycles. The Morgan fingerprint density at radius 2 is 1.09 bits per heavy atom. The van der Waals surface area contributed by atoms with Crippen LogP contribution in [0.3, 0.4) is 0 Å². The lowest BCUT2D eigenvalue weighted by Gasteiger charge is -2.27. The van der Waals surface area contributed by atoms with Gasteiger partial charge in [0.1, 0.15) is 45.6 Å². The van der Waals surface area contributed by atoms with Crippen molar-refractivity contribution in [1.82, 2.24) is 41.9 Å². The molecule has 296 valence electrons. The molecule has 5 rings (SSSR count). The molecule has 2 aromatic heterocycles. The summed E-state index contributed by atoms with van der Waals surface area (Å²) in [6.07, 6.45) is -2.04. The van der Waals surface area contributed by atoms with Crippen molar-refractivity contribution in [1.29, 1.82) is 0 Å². The molecule has 6 bridgehead atoms. The SMILES string of the molecule is CC(C)C[C@H]1NC(=O)[C@H]([C@H](C)O)NC(=O)[C@@H]2CSSC[C@H](NC(=O)c3csc1n3)C(=O)N[C@@H]([C@H](C)O)C(=O)N[C@@H](Cc1ccccc1)c1nc(cs1)C(=O)N2. The van der Waals surface area contributed by atoms with Gasteiger partial charge in [-0.3, -0.25) is 28.8 Å². The second kappa shape index (κ2) is 19.2. The number of fused-ring (bicyclic) bond motifs is 9. The first-order valence-corrected chi connectivity index (χ1v) is 21.8. The number of carbonyl (C=O) groups is 6. The lowest BCUT2D eigenvalue weighted by atomic mass is 10.0. The second-order valence-corrected chi connectivity index (χ2v) is 18.0. The Kier molecular flexibility index (Phi) is 14.7. The standard InChI is InChI=1S/C35H44N8O8S4/c1-16(2)10-20-34-40-22(12-52-34)28(46)38-25-15-55-54-14-24(30(48)42-26(17(3)44)32(50)36-20)39-29(47)23-13-53-35(41-23)21(11-19-8-6-5-7-9-19)37-33(51)27(18(4)45)43-31(25)49/h5-9,12-13,16-18,20-21,24-27,44-45H,10-11,14-15H2,1-4H3,(H,36,50)(H,37,51)(H,38,46)(H,39,47)(H,42,48)(H,43,49)/t17-,18-,20+,21-,24-,25-,26-,27-/m0/s1. The van der Waals surface area contributed by atoms with E-state index in [1.807, 2.05) is 44.2 Å². The van der Waals surface area contributed by atoms with Crippen molar-refractivity contribution in [3.05, 3.63) is 68.1 Å². The maximum Gasteiger partial charge on any atom is 0.271 e. The van der Waals surface area contributed by atoms with E-state index in [0.717, 1.165) is 49.8 Å². The Bertz CT molecular complexity index is 1860. The molecule has 20 heteroatoms. The number of carbonyl (C=O) groups excluding carboxylic acids is 6. The van der Waals surface area contributed by atoms with Gasteiger partial charge in [0.15, 0.2) is 0 Å². The Labute approximate surface area is 333 Å². The van der Waals surface area contributed by atoms with E-state index in [4.69, 9.17) is 0 Å². The van der Waals surface area contributed by atoms with Crippen molar-refractivity contribution < 1.29 is 39.0 Å². The van der Waals surface area contributed by atoms with E-state index >= 15 is 0 Å². The van der Waals surface area contributed by atoms with Crippen molar-refractivity contribution >= 4 is 79.7 Å². The first kappa shape index (κ1) is 42.1. The van der Waals surface area contributed by atoms with E-state index in [0.29, 0.717) is 16.4 Å². The van der Waals surface area contributed by atoms with Crippen molar-refractivity contribution in [2.75, 3.05) is 11.5 Å². The van der Waals surface area contributed by atoms with E-state index in [2.05, 4.69) is 41.9 Å². The summed E-state index contributed by atoms with van der Waals surface area (Å²) in [5.74, 6) is -4.38. The van der Waals surface area contributed by atoms with E-state index < -0.39 is 83.9 Å². The number of nitrogens with zero attached hydrogens (tertiary/aromatic N) is 2. The quantitative estimate of drug-likeness (QED) is 0.164. The number of hydrogen-bond donors (Lipinski definition) is 8. The second-order valence-electron chi connectivity index (χ2n) is 13.7. The third-order valence-corrected chi connectivity index (χ3v) is 13.0. The van der Waals surface area contributed by atoms with Crippen LogP contribution in [-0.2, 0) is 25.6 Å². The van der Waals surface area contributed by atoms with E-state index in [1.54, 1.807) is 0 Å². The number of hydrogen-bond acceptors (Lipinski definition) is 14. The first-order valence-electron chi connectivity index (χ1n) is 17.6. The summed E-state index contributed by atoms with van der Waals surface area (Å²) in [6.45, 7) is 6.58. The summed E-state index contributed by atoms with van der Waals surface area (Å²) in [5, 5.41) is 41.4. The van der Waals surface area contributed by atoms with Crippen molar-refractivity contribution in [3.8, 4) is 0 Å². The summed E-state index contributed by atoms with van der Waals surface area (Å²) in [6, 6.07) is 2.35. The van der Waals surface area contributed by atoms with Crippen molar-refractivity contribution in [3.63, 3.8) is 0 Å². The van der Waals surface area contributed by atoms with Gasteiger partial charge in [0.05, 0.1) is 24.3 Å². The minimum absolute atomic E-state index is 0.0134. The Morgan fingerprint density at radius 3 is 1.55 bits per heavy atom. The van der Waals surface area contributed by atoms with Gasteiger partial charge in [0.25, 0.3) is 11.8 Å². The fourth-order valence-electron chi connectivity index (χ4n) is 5.75. The minimum Gasteiger partial charge on any atom is -0.391 e. The molecule has 4 heterocycles. The van der Waals surface area contributed by atoms with E-state index in [1.165, 1.54) is 24.6 Å². The molecule has 16 nitrogen and oxygen atoms in total. The zero-order valence-electron chi connectivity index (χ0n) is 30.4. The summed E-state index contributed by atoms with van der Waals surface area (Å²) < 4.78 is 0. The molecule has 0 fully saturated rings. The third kappa shape index (κ3) is 11.3. The average Bonchev–Trinajstić information content (AvgIpc) is 3.83. The molecule has 8 N–H and O–H groups in total. The average molecular weight is 833 g/mol. The summed E-state index contributed by atoms with van der Waals surface area (Å²) in [7, 11) is 2.20. The Hall–Kier alpha value is -4.08. The summed E-state index contributed by atoms with van der Waals surface area (Å²) >= 11 is 2.21. The fraction of sp³-hybridized carbons (Fsp3) is 0.486. The van der Waals surface area contributed by atoms with E-state index in [9.17, 15) is 39.0 Å². The molecular weight excluding hydrogens is 789 g/mol. The molecular formula is C35H44N8O8S4. The zero-order chi connectivity index (χ0) is 39.8. The number of nitrogens with one attached hydrogen (secondary N) is 6. The third-order valence-electron chi connectivity index (χ3n) is 8.65. The number of rotatable bonds is 6. The van der Waals surface area contributed by atoms with Gasteiger partial charge in [-0.15, -0.1) is 22.7 Å². The lowest BCUT2D eigenvalue weighted by Crippen LogP contribution is -2.58. The van der Waals surface area contributed by atoms with Crippen LogP contribution in [0.4, 0.5) is 0 Å². The van der Waals surface area contributed by atoms with Crippen molar-refractivity contribution in [2.24, 2.45) is 5.92 Å². The molecule has 8 atom stereocenters. The monoisotopic (exact) mass is 832 g/mol. The first-order chi connectivity index (χ1) is 26.2. The number of benzene rings is 1. The molecule has 0 aliphatic carbocycles. The van der Waals surface area contributed by atoms with Crippen LogP contribution >= 0.6 is 44.3 Å². The number of thiazole rings is 2. The van der Waals surface area contributed by atoms with Gasteiger partial charge in [-0.25, -0.2) is 9.97 Å². The van der Waals surface area contributed by atoms with Crippen LogP contribution in [0, 0.1) is 5.92 Å². The van der Waals surface area contributed by atoms with Gasteiger partial charge in [0.2, 0.25) is 23.6 Å². The van der Waals surface area contributed by atoms with Gasteiger partial charge < -0.3 is 42.1 Å². The molecule has 3 aromatic rings. The predicted octanol–water partition coefficient (Wildman–Crippen LogP) is 1.24. The van der Waals surface area contributed by atoms with Gasteiger partial charge in [0, 0.05) is 22.3 Å². The predicted molar refractivity (Wildman–Crippen MR) is 210 cm³/mol. The Balaban J connectivity index is 1.57. The molecule has 0 saturated heterocycles. The highest BCUT2D eigenvalue weighted by Gasteiger charge is 2.36. The molecule has 55 heavy (non-hydrogen) atoms. The molecule has 2 aliphatic rings. The molecule has 6 amide bonds.